The summed E-state index contributed by atoms with van der Waals surface area (Å²) in [4.78, 5) is 20.1. The Hall–Kier alpha value is -0.650. The van der Waals surface area contributed by atoms with Crippen molar-refractivity contribution in [1.82, 2.24) is 14.7 Å². The van der Waals surface area contributed by atoms with Gasteiger partial charge in [0.05, 0.1) is 6.04 Å². The quantitative estimate of drug-likeness (QED) is 0.789. The van der Waals surface area contributed by atoms with Crippen molar-refractivity contribution < 1.29 is 9.53 Å². The summed E-state index contributed by atoms with van der Waals surface area (Å²) >= 11 is 0. The maximum atomic E-state index is 13.0. The van der Waals surface area contributed by atoms with Crippen LogP contribution in [0.25, 0.3) is 0 Å². The van der Waals surface area contributed by atoms with Gasteiger partial charge in [-0.3, -0.25) is 14.6 Å². The first kappa shape index (κ1) is 18.2. The molecular formula is C19H35N3O2. The standard InChI is InChI=1S/C19H35N3O2/c1-17(20-9-4-2-3-5-10-20)19(23)22-12-6-11-21(13-14-22)18-7-15-24-16-8-18/h17-18H,2-16H2,1H3. The number of carbonyl (C=O) groups excluding carboxylic acids is 1. The van der Waals surface area contributed by atoms with Crippen molar-refractivity contribution in [2.75, 3.05) is 52.5 Å². The Morgan fingerprint density at radius 2 is 1.58 bits per heavy atom. The van der Waals surface area contributed by atoms with E-state index >= 15 is 0 Å². The highest BCUT2D eigenvalue weighted by Crippen LogP contribution is 2.18. The fraction of sp³-hybridized carbons (Fsp3) is 0.947. The lowest BCUT2D eigenvalue weighted by Crippen LogP contribution is -2.49. The highest BCUT2D eigenvalue weighted by atomic mass is 16.5. The Labute approximate surface area is 147 Å². The monoisotopic (exact) mass is 337 g/mol. The van der Waals surface area contributed by atoms with E-state index in [1.807, 2.05) is 0 Å². The van der Waals surface area contributed by atoms with Crippen LogP contribution in [0.2, 0.25) is 0 Å². The second-order valence-corrected chi connectivity index (χ2v) is 7.68. The average molecular weight is 338 g/mol. The van der Waals surface area contributed by atoms with Crippen LogP contribution >= 0.6 is 0 Å². The SMILES string of the molecule is CC(C(=O)N1CCCN(C2CCOCC2)CC1)N1CCCCCC1. The van der Waals surface area contributed by atoms with Gasteiger partial charge < -0.3 is 9.64 Å². The molecule has 24 heavy (non-hydrogen) atoms. The zero-order valence-corrected chi connectivity index (χ0v) is 15.4. The topological polar surface area (TPSA) is 36.0 Å². The zero-order valence-electron chi connectivity index (χ0n) is 15.4. The van der Waals surface area contributed by atoms with Crippen LogP contribution in [0.4, 0.5) is 0 Å². The third-order valence-corrected chi connectivity index (χ3v) is 6.10. The molecule has 3 aliphatic heterocycles. The molecule has 1 unspecified atom stereocenters. The van der Waals surface area contributed by atoms with Crippen molar-refractivity contribution in [1.29, 1.82) is 0 Å². The van der Waals surface area contributed by atoms with Crippen LogP contribution in [0.5, 0.6) is 0 Å². The second kappa shape index (κ2) is 9.16. The van der Waals surface area contributed by atoms with E-state index in [1.165, 1.54) is 25.7 Å². The van der Waals surface area contributed by atoms with Crippen LogP contribution in [0.15, 0.2) is 0 Å². The molecule has 3 saturated heterocycles. The molecule has 1 atom stereocenters. The van der Waals surface area contributed by atoms with Gasteiger partial charge in [-0.1, -0.05) is 12.8 Å². The lowest BCUT2D eigenvalue weighted by Gasteiger charge is -2.34. The van der Waals surface area contributed by atoms with Gasteiger partial charge in [0.2, 0.25) is 5.91 Å². The molecule has 3 aliphatic rings. The van der Waals surface area contributed by atoms with Crippen LogP contribution in [0.3, 0.4) is 0 Å². The maximum Gasteiger partial charge on any atom is 0.239 e. The summed E-state index contributed by atoms with van der Waals surface area (Å²) in [5.74, 6) is 0.353. The smallest absolute Gasteiger partial charge is 0.239 e. The van der Waals surface area contributed by atoms with E-state index in [9.17, 15) is 4.79 Å². The van der Waals surface area contributed by atoms with Crippen molar-refractivity contribution in [2.45, 2.75) is 64.0 Å². The van der Waals surface area contributed by atoms with Crippen molar-refractivity contribution in [3.05, 3.63) is 0 Å². The molecule has 3 heterocycles. The molecule has 3 rings (SSSR count). The van der Waals surface area contributed by atoms with Crippen molar-refractivity contribution in [3.8, 4) is 0 Å². The predicted octanol–water partition coefficient (Wildman–Crippen LogP) is 1.96. The molecule has 1 amide bonds. The van der Waals surface area contributed by atoms with Gasteiger partial charge in [0, 0.05) is 45.4 Å². The highest BCUT2D eigenvalue weighted by Gasteiger charge is 2.29. The molecule has 0 aliphatic carbocycles. The van der Waals surface area contributed by atoms with Gasteiger partial charge in [-0.15, -0.1) is 0 Å². The first-order valence-corrected chi connectivity index (χ1v) is 10.1. The summed E-state index contributed by atoms with van der Waals surface area (Å²) in [6, 6.07) is 0.717. The molecule has 0 aromatic carbocycles. The Bertz CT molecular complexity index is 390. The van der Waals surface area contributed by atoms with Crippen LogP contribution < -0.4 is 0 Å². The number of amides is 1. The summed E-state index contributed by atoms with van der Waals surface area (Å²) in [5, 5.41) is 0. The minimum atomic E-state index is 0.0535. The Kier molecular flexibility index (Phi) is 6.93. The number of likely N-dealkylation sites (tertiary alicyclic amines) is 1. The van der Waals surface area contributed by atoms with Crippen LogP contribution in [0, 0.1) is 0 Å². The lowest BCUT2D eigenvalue weighted by molar-refractivity contribution is -0.136. The number of nitrogens with zero attached hydrogens (tertiary/aromatic N) is 3. The fourth-order valence-corrected chi connectivity index (χ4v) is 4.48. The molecule has 5 heteroatoms. The van der Waals surface area contributed by atoms with Crippen LogP contribution in [-0.4, -0.2) is 85.2 Å². The number of ether oxygens (including phenoxy) is 1. The molecule has 0 spiro atoms. The Morgan fingerprint density at radius 3 is 2.29 bits per heavy atom. The first-order chi connectivity index (χ1) is 11.8. The van der Waals surface area contributed by atoms with Crippen molar-refractivity contribution >= 4 is 5.91 Å². The molecule has 0 N–H and O–H groups in total. The van der Waals surface area contributed by atoms with Gasteiger partial charge in [-0.05, 0) is 52.1 Å². The molecule has 0 saturated carbocycles. The molecule has 3 fully saturated rings. The molecule has 0 radical (unpaired) electrons. The second-order valence-electron chi connectivity index (χ2n) is 7.68. The largest absolute Gasteiger partial charge is 0.381 e. The van der Waals surface area contributed by atoms with E-state index < -0.39 is 0 Å². The van der Waals surface area contributed by atoms with Crippen LogP contribution in [-0.2, 0) is 9.53 Å². The van der Waals surface area contributed by atoms with Crippen molar-refractivity contribution in [2.24, 2.45) is 0 Å². The molecule has 138 valence electrons. The van der Waals surface area contributed by atoms with Crippen LogP contribution in [0.1, 0.15) is 51.9 Å². The number of hydrogen-bond donors (Lipinski definition) is 0. The van der Waals surface area contributed by atoms with Crippen molar-refractivity contribution in [3.63, 3.8) is 0 Å². The van der Waals surface area contributed by atoms with Gasteiger partial charge in [0.25, 0.3) is 0 Å². The van der Waals surface area contributed by atoms with E-state index in [0.717, 1.165) is 71.7 Å². The van der Waals surface area contributed by atoms with E-state index in [2.05, 4.69) is 21.6 Å². The number of rotatable bonds is 3. The lowest BCUT2D eigenvalue weighted by atomic mass is 10.1. The predicted molar refractivity (Wildman–Crippen MR) is 96.1 cm³/mol. The molecule has 0 aromatic heterocycles. The van der Waals surface area contributed by atoms with Gasteiger partial charge in [-0.2, -0.15) is 0 Å². The summed E-state index contributed by atoms with van der Waals surface area (Å²) in [5.41, 5.74) is 0. The molecule has 0 aromatic rings. The summed E-state index contributed by atoms with van der Waals surface area (Å²) < 4.78 is 5.49. The minimum Gasteiger partial charge on any atom is -0.381 e. The highest BCUT2D eigenvalue weighted by molar-refractivity contribution is 5.81. The summed E-state index contributed by atoms with van der Waals surface area (Å²) in [7, 11) is 0. The third-order valence-electron chi connectivity index (χ3n) is 6.10. The summed E-state index contributed by atoms with van der Waals surface area (Å²) in [6.07, 6.45) is 8.54. The van der Waals surface area contributed by atoms with E-state index in [-0.39, 0.29) is 6.04 Å². The van der Waals surface area contributed by atoms with Gasteiger partial charge in [0.1, 0.15) is 0 Å². The fourth-order valence-electron chi connectivity index (χ4n) is 4.48. The van der Waals surface area contributed by atoms with Gasteiger partial charge in [-0.25, -0.2) is 0 Å². The number of hydrogen-bond acceptors (Lipinski definition) is 4. The van der Waals surface area contributed by atoms with Gasteiger partial charge >= 0.3 is 0 Å². The first-order valence-electron chi connectivity index (χ1n) is 10.1. The summed E-state index contributed by atoms with van der Waals surface area (Å²) in [6.45, 7) is 10.1. The van der Waals surface area contributed by atoms with E-state index in [0.29, 0.717) is 11.9 Å². The zero-order chi connectivity index (χ0) is 16.8. The molecule has 0 bridgehead atoms. The van der Waals surface area contributed by atoms with Gasteiger partial charge in [0.15, 0.2) is 0 Å². The third kappa shape index (κ3) is 4.70. The molecular weight excluding hydrogens is 302 g/mol. The molecule has 5 nitrogen and oxygen atoms in total. The average Bonchev–Trinajstić information content (AvgIpc) is 3.04. The number of carbonyl (C=O) groups is 1. The normalized spacial score (nSPS) is 27.5. The van der Waals surface area contributed by atoms with E-state index in [4.69, 9.17) is 4.74 Å². The Balaban J connectivity index is 1.51. The van der Waals surface area contributed by atoms with E-state index in [1.54, 1.807) is 0 Å². The minimum absolute atomic E-state index is 0.0535. The maximum absolute atomic E-state index is 13.0. The Morgan fingerprint density at radius 1 is 0.875 bits per heavy atom.